The molecule has 1 rings (SSSR count). The maximum absolute atomic E-state index is 8.55. The van der Waals surface area contributed by atoms with Crippen molar-refractivity contribution >= 4 is 27.5 Å². The van der Waals surface area contributed by atoms with Crippen molar-refractivity contribution in [3.05, 3.63) is 28.2 Å². The van der Waals surface area contributed by atoms with Gasteiger partial charge in [0.1, 0.15) is 5.84 Å². The molecule has 0 spiro atoms. The smallest absolute Gasteiger partial charge is 0.141 e. The van der Waals surface area contributed by atoms with Gasteiger partial charge in [-0.2, -0.15) is 0 Å². The number of rotatable bonds is 5. The lowest BCUT2D eigenvalue weighted by molar-refractivity contribution is 0.316. The minimum absolute atomic E-state index is 0.167. The Balaban J connectivity index is 2.70. The van der Waals surface area contributed by atoms with Crippen molar-refractivity contribution in [2.75, 3.05) is 5.32 Å². The van der Waals surface area contributed by atoms with Crippen molar-refractivity contribution in [2.24, 2.45) is 10.9 Å². The summed E-state index contributed by atoms with van der Waals surface area (Å²) in [6.07, 6.45) is 1.43. The van der Waals surface area contributed by atoms with E-state index in [9.17, 15) is 0 Å². The van der Waals surface area contributed by atoms with E-state index in [-0.39, 0.29) is 11.9 Å². The van der Waals surface area contributed by atoms with Crippen LogP contribution in [-0.4, -0.2) is 17.1 Å². The molecule has 4 N–H and O–H groups in total. The zero-order valence-electron chi connectivity index (χ0n) is 10.1. The molecule has 0 bridgehead atoms. The summed E-state index contributed by atoms with van der Waals surface area (Å²) in [5.74, 6) is 0.246. The van der Waals surface area contributed by atoms with E-state index >= 15 is 0 Å². The Morgan fingerprint density at radius 2 is 2.29 bits per heavy atom. The van der Waals surface area contributed by atoms with Crippen LogP contribution in [0.2, 0.25) is 0 Å². The predicted molar refractivity (Wildman–Crippen MR) is 74.6 cm³/mol. The summed E-state index contributed by atoms with van der Waals surface area (Å²) in [6, 6.07) is 6.27. The summed E-state index contributed by atoms with van der Waals surface area (Å²) in [5, 5.41) is 14.9. The second-order valence-corrected chi connectivity index (χ2v) is 4.86. The van der Waals surface area contributed by atoms with Gasteiger partial charge >= 0.3 is 0 Å². The van der Waals surface area contributed by atoms with Crippen LogP contribution in [0, 0.1) is 6.92 Å². The summed E-state index contributed by atoms with van der Waals surface area (Å²) < 4.78 is 1.07. The lowest BCUT2D eigenvalue weighted by Gasteiger charge is -2.18. The fourth-order valence-corrected chi connectivity index (χ4v) is 1.89. The number of nitrogens with one attached hydrogen (secondary N) is 1. The summed E-state index contributed by atoms with van der Waals surface area (Å²) in [7, 11) is 0. The topological polar surface area (TPSA) is 70.6 Å². The predicted octanol–water partition coefficient (Wildman–Crippen LogP) is 3.08. The van der Waals surface area contributed by atoms with Gasteiger partial charge in [-0.1, -0.05) is 34.1 Å². The number of anilines is 1. The number of hydrogen-bond acceptors (Lipinski definition) is 3. The zero-order chi connectivity index (χ0) is 12.8. The van der Waals surface area contributed by atoms with Gasteiger partial charge in [0.2, 0.25) is 0 Å². The van der Waals surface area contributed by atoms with Crippen molar-refractivity contribution in [2.45, 2.75) is 32.7 Å². The average Bonchev–Trinajstić information content (AvgIpc) is 2.32. The van der Waals surface area contributed by atoms with E-state index in [1.807, 2.05) is 25.1 Å². The molecule has 1 atom stereocenters. The molecule has 0 radical (unpaired) electrons. The molecule has 0 aliphatic rings. The lowest BCUT2D eigenvalue weighted by atomic mass is 10.1. The Morgan fingerprint density at radius 1 is 1.59 bits per heavy atom. The molecule has 1 aromatic carbocycles. The highest BCUT2D eigenvalue weighted by atomic mass is 79.9. The molecule has 1 unspecified atom stereocenters. The van der Waals surface area contributed by atoms with Crippen LogP contribution in [0.5, 0.6) is 0 Å². The van der Waals surface area contributed by atoms with Crippen LogP contribution in [0.3, 0.4) is 0 Å². The van der Waals surface area contributed by atoms with Gasteiger partial charge in [-0.3, -0.25) is 0 Å². The Bertz CT molecular complexity index is 407. The van der Waals surface area contributed by atoms with E-state index in [1.165, 1.54) is 5.56 Å². The van der Waals surface area contributed by atoms with Crippen LogP contribution in [0.15, 0.2) is 27.8 Å². The number of aryl methyl sites for hydroxylation is 1. The van der Waals surface area contributed by atoms with Crippen LogP contribution in [0.1, 0.15) is 25.3 Å². The standard InChI is InChI=1S/C12H18BrN3O/c1-3-9(7-12(14)16-17)15-10-5-4-8(2)11(13)6-10/h4-6,9,15,17H,3,7H2,1-2H3,(H2,14,16). The van der Waals surface area contributed by atoms with E-state index in [4.69, 9.17) is 10.9 Å². The van der Waals surface area contributed by atoms with Gasteiger partial charge in [-0.25, -0.2) is 0 Å². The SMILES string of the molecule is CCC(CC(N)=NO)Nc1ccc(C)c(Br)c1. The monoisotopic (exact) mass is 299 g/mol. The summed E-state index contributed by atoms with van der Waals surface area (Å²) in [5.41, 5.74) is 7.73. The van der Waals surface area contributed by atoms with Crippen LogP contribution >= 0.6 is 15.9 Å². The molecule has 0 saturated carbocycles. The van der Waals surface area contributed by atoms with Gasteiger partial charge < -0.3 is 16.3 Å². The van der Waals surface area contributed by atoms with E-state index in [0.29, 0.717) is 6.42 Å². The second kappa shape index (κ2) is 6.49. The van der Waals surface area contributed by atoms with Gasteiger partial charge in [-0.05, 0) is 31.0 Å². The minimum atomic E-state index is 0.167. The fourth-order valence-electron chi connectivity index (χ4n) is 1.51. The first-order valence-electron chi connectivity index (χ1n) is 5.56. The maximum atomic E-state index is 8.55. The van der Waals surface area contributed by atoms with Crippen molar-refractivity contribution in [1.82, 2.24) is 0 Å². The fraction of sp³-hybridized carbons (Fsp3) is 0.417. The summed E-state index contributed by atoms with van der Waals surface area (Å²) >= 11 is 3.49. The normalized spacial score (nSPS) is 13.5. The Labute approximate surface area is 110 Å². The zero-order valence-corrected chi connectivity index (χ0v) is 11.7. The second-order valence-electron chi connectivity index (χ2n) is 4.01. The number of benzene rings is 1. The Morgan fingerprint density at radius 3 is 2.82 bits per heavy atom. The molecule has 94 valence electrons. The number of hydrogen-bond donors (Lipinski definition) is 3. The van der Waals surface area contributed by atoms with Gasteiger partial charge in [0.15, 0.2) is 0 Å². The first-order chi connectivity index (χ1) is 8.06. The lowest BCUT2D eigenvalue weighted by Crippen LogP contribution is -2.26. The third kappa shape index (κ3) is 4.26. The number of nitrogens with zero attached hydrogens (tertiary/aromatic N) is 1. The first kappa shape index (κ1) is 13.8. The average molecular weight is 300 g/mol. The molecule has 0 saturated heterocycles. The number of halogens is 1. The van der Waals surface area contributed by atoms with Crippen LogP contribution in [0.25, 0.3) is 0 Å². The quantitative estimate of drug-likeness (QED) is 0.339. The van der Waals surface area contributed by atoms with E-state index < -0.39 is 0 Å². The van der Waals surface area contributed by atoms with Crippen LogP contribution in [-0.2, 0) is 0 Å². The highest BCUT2D eigenvalue weighted by Gasteiger charge is 2.09. The van der Waals surface area contributed by atoms with Crippen molar-refractivity contribution < 1.29 is 5.21 Å². The van der Waals surface area contributed by atoms with Gasteiger partial charge in [0.25, 0.3) is 0 Å². The molecule has 0 amide bonds. The molecule has 5 heteroatoms. The Kier molecular flexibility index (Phi) is 5.28. The third-order valence-electron chi connectivity index (χ3n) is 2.62. The van der Waals surface area contributed by atoms with Gasteiger partial charge in [-0.15, -0.1) is 0 Å². The molecule has 0 aliphatic heterocycles. The molecule has 17 heavy (non-hydrogen) atoms. The highest BCUT2D eigenvalue weighted by molar-refractivity contribution is 9.10. The maximum Gasteiger partial charge on any atom is 0.141 e. The van der Waals surface area contributed by atoms with E-state index in [2.05, 4.69) is 33.3 Å². The first-order valence-corrected chi connectivity index (χ1v) is 6.35. The van der Waals surface area contributed by atoms with Crippen molar-refractivity contribution in [3.8, 4) is 0 Å². The number of oxime groups is 1. The molecule has 1 aromatic rings. The number of nitrogens with two attached hydrogens (primary N) is 1. The molecular formula is C12H18BrN3O. The third-order valence-corrected chi connectivity index (χ3v) is 3.47. The van der Waals surface area contributed by atoms with Crippen LogP contribution in [0.4, 0.5) is 5.69 Å². The molecular weight excluding hydrogens is 282 g/mol. The summed E-state index contributed by atoms with van der Waals surface area (Å²) in [6.45, 7) is 4.10. The van der Waals surface area contributed by atoms with E-state index in [0.717, 1.165) is 16.6 Å². The molecule has 0 fully saturated rings. The van der Waals surface area contributed by atoms with Crippen LogP contribution < -0.4 is 11.1 Å². The van der Waals surface area contributed by atoms with E-state index in [1.54, 1.807) is 0 Å². The van der Waals surface area contributed by atoms with Crippen molar-refractivity contribution in [1.29, 1.82) is 0 Å². The number of amidine groups is 1. The molecule has 0 aromatic heterocycles. The van der Waals surface area contributed by atoms with Crippen molar-refractivity contribution in [3.63, 3.8) is 0 Å². The molecule has 4 nitrogen and oxygen atoms in total. The molecule has 0 aliphatic carbocycles. The largest absolute Gasteiger partial charge is 0.409 e. The highest BCUT2D eigenvalue weighted by Crippen LogP contribution is 2.21. The van der Waals surface area contributed by atoms with Gasteiger partial charge in [0, 0.05) is 22.6 Å². The summed E-state index contributed by atoms with van der Waals surface area (Å²) in [4.78, 5) is 0. The minimum Gasteiger partial charge on any atom is -0.409 e. The molecule has 0 heterocycles. The van der Waals surface area contributed by atoms with Gasteiger partial charge in [0.05, 0.1) is 0 Å². The Hall–Kier alpha value is -1.23.